The standard InChI is InChI=1S/C12H21N3OS/c1-14-4-5-15(2)11(7-14)6-12-13-10(8-16-3)9-17-12/h9,11H,4-8H2,1-3H3. The normalized spacial score (nSPS) is 23.1. The van der Waals surface area contributed by atoms with Gasteiger partial charge in [-0.15, -0.1) is 11.3 Å². The molecule has 0 amide bonds. The van der Waals surface area contributed by atoms with Crippen molar-refractivity contribution in [3.63, 3.8) is 0 Å². The molecule has 1 unspecified atom stereocenters. The van der Waals surface area contributed by atoms with Gasteiger partial charge >= 0.3 is 0 Å². The summed E-state index contributed by atoms with van der Waals surface area (Å²) >= 11 is 1.75. The van der Waals surface area contributed by atoms with Gasteiger partial charge in [0.15, 0.2) is 0 Å². The van der Waals surface area contributed by atoms with Gasteiger partial charge in [0.1, 0.15) is 0 Å². The van der Waals surface area contributed by atoms with Crippen molar-refractivity contribution in [2.24, 2.45) is 0 Å². The Balaban J connectivity index is 1.94. The van der Waals surface area contributed by atoms with Gasteiger partial charge in [-0.2, -0.15) is 0 Å². The Bertz CT molecular complexity index is 355. The summed E-state index contributed by atoms with van der Waals surface area (Å²) in [4.78, 5) is 9.44. The van der Waals surface area contributed by atoms with Crippen LogP contribution in [0.2, 0.25) is 0 Å². The number of ether oxygens (including phenoxy) is 1. The van der Waals surface area contributed by atoms with Crippen LogP contribution in [0.3, 0.4) is 0 Å². The maximum Gasteiger partial charge on any atom is 0.0945 e. The third kappa shape index (κ3) is 3.48. The lowest BCUT2D eigenvalue weighted by Gasteiger charge is -2.37. The molecule has 1 aromatic rings. The highest BCUT2D eigenvalue weighted by molar-refractivity contribution is 7.09. The summed E-state index contributed by atoms with van der Waals surface area (Å²) < 4.78 is 5.09. The van der Waals surface area contributed by atoms with Gasteiger partial charge in [-0.1, -0.05) is 0 Å². The SMILES string of the molecule is COCc1csc(CC2CN(C)CCN2C)n1. The second kappa shape index (κ2) is 5.91. The average Bonchev–Trinajstić information content (AvgIpc) is 2.72. The summed E-state index contributed by atoms with van der Waals surface area (Å²) in [5.41, 5.74) is 1.05. The van der Waals surface area contributed by atoms with Gasteiger partial charge in [0.25, 0.3) is 0 Å². The zero-order chi connectivity index (χ0) is 12.3. The minimum Gasteiger partial charge on any atom is -0.378 e. The van der Waals surface area contributed by atoms with E-state index in [0.29, 0.717) is 12.6 Å². The molecule has 0 saturated carbocycles. The molecular formula is C12H21N3OS. The lowest BCUT2D eigenvalue weighted by atomic mass is 10.1. The molecule has 1 aromatic heterocycles. The summed E-state index contributed by atoms with van der Waals surface area (Å²) in [5, 5.41) is 3.33. The molecule has 0 aromatic carbocycles. The summed E-state index contributed by atoms with van der Waals surface area (Å²) in [5.74, 6) is 0. The predicted octanol–water partition coefficient (Wildman–Crippen LogP) is 1.08. The number of methoxy groups -OCH3 is 1. The van der Waals surface area contributed by atoms with Gasteiger partial charge in [0.2, 0.25) is 0 Å². The Hall–Kier alpha value is -0.490. The van der Waals surface area contributed by atoms with Crippen LogP contribution in [0.1, 0.15) is 10.7 Å². The molecule has 0 N–H and O–H groups in total. The van der Waals surface area contributed by atoms with Crippen LogP contribution < -0.4 is 0 Å². The highest BCUT2D eigenvalue weighted by atomic mass is 32.1. The first kappa shape index (κ1) is 13.0. The maximum atomic E-state index is 5.09. The lowest BCUT2D eigenvalue weighted by molar-refractivity contribution is 0.114. The topological polar surface area (TPSA) is 28.6 Å². The summed E-state index contributed by atoms with van der Waals surface area (Å²) in [6.07, 6.45) is 1.05. The molecule has 1 aliphatic heterocycles. The van der Waals surface area contributed by atoms with Gasteiger partial charge in [0, 0.05) is 44.6 Å². The van der Waals surface area contributed by atoms with Crippen LogP contribution in [0, 0.1) is 0 Å². The molecule has 1 atom stereocenters. The second-order valence-corrected chi connectivity index (χ2v) is 5.71. The summed E-state index contributed by atoms with van der Waals surface area (Å²) in [6.45, 7) is 4.07. The van der Waals surface area contributed by atoms with Crippen molar-refractivity contribution < 1.29 is 4.74 Å². The zero-order valence-electron chi connectivity index (χ0n) is 10.8. The number of hydrogen-bond acceptors (Lipinski definition) is 5. The van der Waals surface area contributed by atoms with Crippen molar-refractivity contribution in [3.05, 3.63) is 16.1 Å². The highest BCUT2D eigenvalue weighted by Gasteiger charge is 2.23. The number of rotatable bonds is 4. The Morgan fingerprint density at radius 1 is 1.47 bits per heavy atom. The first-order chi connectivity index (χ1) is 8.19. The van der Waals surface area contributed by atoms with E-state index in [4.69, 9.17) is 4.74 Å². The minimum absolute atomic E-state index is 0.593. The van der Waals surface area contributed by atoms with E-state index < -0.39 is 0 Å². The van der Waals surface area contributed by atoms with Crippen molar-refractivity contribution in [3.8, 4) is 0 Å². The molecule has 1 aliphatic rings. The Kier molecular flexibility index (Phi) is 4.50. The predicted molar refractivity (Wildman–Crippen MR) is 70.4 cm³/mol. The second-order valence-electron chi connectivity index (χ2n) is 4.77. The third-order valence-corrected chi connectivity index (χ3v) is 4.20. The molecule has 1 saturated heterocycles. The molecule has 17 heavy (non-hydrogen) atoms. The number of thiazole rings is 1. The van der Waals surface area contributed by atoms with Crippen molar-refractivity contribution >= 4 is 11.3 Å². The third-order valence-electron chi connectivity index (χ3n) is 3.28. The molecule has 0 aliphatic carbocycles. The summed E-state index contributed by atoms with van der Waals surface area (Å²) in [6, 6.07) is 0.593. The van der Waals surface area contributed by atoms with Gasteiger partial charge < -0.3 is 14.5 Å². The first-order valence-electron chi connectivity index (χ1n) is 6.00. The van der Waals surface area contributed by atoms with E-state index in [1.807, 2.05) is 0 Å². The quantitative estimate of drug-likeness (QED) is 0.805. The number of likely N-dealkylation sites (N-methyl/N-ethyl adjacent to an activating group) is 2. The fourth-order valence-electron chi connectivity index (χ4n) is 2.18. The number of hydrogen-bond donors (Lipinski definition) is 0. The van der Waals surface area contributed by atoms with Crippen LogP contribution in [-0.2, 0) is 17.8 Å². The Morgan fingerprint density at radius 3 is 3.06 bits per heavy atom. The molecule has 96 valence electrons. The van der Waals surface area contributed by atoms with Crippen LogP contribution in [0.4, 0.5) is 0 Å². The number of piperazine rings is 1. The molecule has 5 heteroatoms. The monoisotopic (exact) mass is 255 g/mol. The molecule has 0 bridgehead atoms. The van der Waals surface area contributed by atoms with Crippen LogP contribution in [0.15, 0.2) is 5.38 Å². The van der Waals surface area contributed by atoms with Crippen LogP contribution in [-0.4, -0.2) is 61.7 Å². The van der Waals surface area contributed by atoms with Gasteiger partial charge in [0.05, 0.1) is 17.3 Å². The van der Waals surface area contributed by atoms with Crippen LogP contribution in [0.5, 0.6) is 0 Å². The molecule has 0 radical (unpaired) electrons. The van der Waals surface area contributed by atoms with Crippen LogP contribution >= 0.6 is 11.3 Å². The fourth-order valence-corrected chi connectivity index (χ4v) is 3.03. The van der Waals surface area contributed by atoms with E-state index in [-0.39, 0.29) is 0 Å². The van der Waals surface area contributed by atoms with E-state index in [1.165, 1.54) is 11.6 Å². The van der Waals surface area contributed by atoms with E-state index in [0.717, 1.165) is 25.2 Å². The van der Waals surface area contributed by atoms with Gasteiger partial charge in [-0.25, -0.2) is 4.98 Å². The van der Waals surface area contributed by atoms with Crippen molar-refractivity contribution in [1.29, 1.82) is 0 Å². The Morgan fingerprint density at radius 2 is 2.29 bits per heavy atom. The highest BCUT2D eigenvalue weighted by Crippen LogP contribution is 2.16. The maximum absolute atomic E-state index is 5.09. The van der Waals surface area contributed by atoms with Crippen molar-refractivity contribution in [1.82, 2.24) is 14.8 Å². The smallest absolute Gasteiger partial charge is 0.0945 e. The average molecular weight is 255 g/mol. The van der Waals surface area contributed by atoms with E-state index in [1.54, 1.807) is 18.4 Å². The molecule has 1 fully saturated rings. The van der Waals surface area contributed by atoms with Crippen molar-refractivity contribution in [2.45, 2.75) is 19.1 Å². The zero-order valence-corrected chi connectivity index (χ0v) is 11.7. The van der Waals surface area contributed by atoms with E-state index in [2.05, 4.69) is 34.3 Å². The number of aromatic nitrogens is 1. The number of nitrogens with zero attached hydrogens (tertiary/aromatic N) is 3. The Labute approximate surface area is 107 Å². The minimum atomic E-state index is 0.593. The van der Waals surface area contributed by atoms with Gasteiger partial charge in [-0.05, 0) is 14.1 Å². The molecule has 4 nitrogen and oxygen atoms in total. The first-order valence-corrected chi connectivity index (χ1v) is 6.88. The molecule has 2 rings (SSSR count). The van der Waals surface area contributed by atoms with E-state index in [9.17, 15) is 0 Å². The summed E-state index contributed by atoms with van der Waals surface area (Å²) in [7, 11) is 6.11. The van der Waals surface area contributed by atoms with Crippen molar-refractivity contribution in [2.75, 3.05) is 40.8 Å². The largest absolute Gasteiger partial charge is 0.378 e. The fraction of sp³-hybridized carbons (Fsp3) is 0.750. The molecular weight excluding hydrogens is 234 g/mol. The van der Waals surface area contributed by atoms with E-state index >= 15 is 0 Å². The molecule has 0 spiro atoms. The van der Waals surface area contributed by atoms with Crippen LogP contribution in [0.25, 0.3) is 0 Å². The van der Waals surface area contributed by atoms with Gasteiger partial charge in [-0.3, -0.25) is 0 Å². The molecule has 2 heterocycles. The lowest BCUT2D eigenvalue weighted by Crippen LogP contribution is -2.50.